The minimum atomic E-state index is -3.75. The molecule has 0 saturated carbocycles. The third-order valence-electron chi connectivity index (χ3n) is 4.85. The number of amides is 2. The molecule has 208 valence electrons. The lowest BCUT2D eigenvalue weighted by Crippen LogP contribution is -2.37. The fourth-order valence-corrected chi connectivity index (χ4v) is 4.13. The first-order valence-electron chi connectivity index (χ1n) is 11.9. The summed E-state index contributed by atoms with van der Waals surface area (Å²) < 4.78 is 45.0. The van der Waals surface area contributed by atoms with Gasteiger partial charge in [-0.25, -0.2) is 27.6 Å². The molecule has 39 heavy (non-hydrogen) atoms. The lowest BCUT2D eigenvalue weighted by Gasteiger charge is -2.19. The molecule has 0 spiro atoms. The molecule has 0 bridgehead atoms. The highest BCUT2D eigenvalue weighted by Crippen LogP contribution is 2.27. The molecule has 0 saturated heterocycles. The van der Waals surface area contributed by atoms with E-state index in [2.05, 4.69) is 36.2 Å². The second-order valence-corrected chi connectivity index (χ2v) is 12.0. The molecule has 14 heteroatoms. The number of hydrogen-bond donors (Lipinski definition) is 4. The van der Waals surface area contributed by atoms with Gasteiger partial charge in [0.1, 0.15) is 12.1 Å². The van der Waals surface area contributed by atoms with Gasteiger partial charge in [0.15, 0.2) is 26.5 Å². The largest absolute Gasteiger partial charge is 0.444 e. The van der Waals surface area contributed by atoms with Gasteiger partial charge in [0.25, 0.3) is 0 Å². The lowest BCUT2D eigenvalue weighted by atomic mass is 10.2. The standard InChI is InChI=1S/C25H30FN7O5S/c1-15(2)39(36,37)22-19(10-7-11-27-22)32-21-18(26)13-28-23(33-21)31-17-9-6-8-16(12-17)30-20(34)14-29-24(35)38-25(3,4)5/h6-13,15H,14H2,1-5H3,(H,29,35)(H,30,34)(H2,28,31,32,33). The zero-order valence-corrected chi connectivity index (χ0v) is 22.9. The third kappa shape index (κ3) is 8.33. The average molecular weight is 560 g/mol. The number of pyridine rings is 1. The summed E-state index contributed by atoms with van der Waals surface area (Å²) in [6.45, 7) is 7.88. The Balaban J connectivity index is 1.71. The second-order valence-electron chi connectivity index (χ2n) is 9.57. The lowest BCUT2D eigenvalue weighted by molar-refractivity contribution is -0.115. The zero-order chi connectivity index (χ0) is 28.8. The molecule has 0 fully saturated rings. The van der Waals surface area contributed by atoms with E-state index in [0.717, 1.165) is 6.20 Å². The molecule has 3 rings (SSSR count). The number of nitrogens with one attached hydrogen (secondary N) is 4. The summed E-state index contributed by atoms with van der Waals surface area (Å²) in [5, 5.41) is 9.65. The van der Waals surface area contributed by atoms with Crippen molar-refractivity contribution in [3.8, 4) is 0 Å². The van der Waals surface area contributed by atoms with Gasteiger partial charge in [-0.15, -0.1) is 0 Å². The topological polar surface area (TPSA) is 164 Å². The van der Waals surface area contributed by atoms with Crippen LogP contribution >= 0.6 is 0 Å². The SMILES string of the molecule is CC(C)S(=O)(=O)c1ncccc1Nc1nc(Nc2cccc(NC(=O)CNC(=O)OC(C)(C)C)c2)ncc1F. The van der Waals surface area contributed by atoms with Gasteiger partial charge < -0.3 is 26.0 Å². The van der Waals surface area contributed by atoms with Crippen molar-refractivity contribution >= 4 is 50.7 Å². The normalized spacial score (nSPS) is 11.6. The highest BCUT2D eigenvalue weighted by Gasteiger charge is 2.25. The van der Waals surface area contributed by atoms with E-state index in [1.807, 2.05) is 0 Å². The number of aromatic nitrogens is 3. The number of ether oxygens (including phenoxy) is 1. The maximum Gasteiger partial charge on any atom is 0.408 e. The molecule has 4 N–H and O–H groups in total. The first kappa shape index (κ1) is 29.2. The molecule has 0 aliphatic rings. The molecular formula is C25H30FN7O5S. The van der Waals surface area contributed by atoms with Crippen LogP contribution in [0.25, 0.3) is 0 Å². The molecule has 2 heterocycles. The van der Waals surface area contributed by atoms with Gasteiger partial charge in [-0.1, -0.05) is 6.07 Å². The van der Waals surface area contributed by atoms with Crippen LogP contribution in [-0.2, 0) is 19.4 Å². The first-order valence-corrected chi connectivity index (χ1v) is 13.4. The number of anilines is 5. The Morgan fingerprint density at radius 1 is 1.05 bits per heavy atom. The monoisotopic (exact) mass is 559 g/mol. The van der Waals surface area contributed by atoms with Crippen molar-refractivity contribution in [1.82, 2.24) is 20.3 Å². The number of carbonyl (C=O) groups excluding carboxylic acids is 2. The summed E-state index contributed by atoms with van der Waals surface area (Å²) in [6.07, 6.45) is 1.55. The zero-order valence-electron chi connectivity index (χ0n) is 22.1. The van der Waals surface area contributed by atoms with Gasteiger partial charge in [-0.2, -0.15) is 4.98 Å². The van der Waals surface area contributed by atoms with Gasteiger partial charge in [-0.3, -0.25) is 4.79 Å². The highest BCUT2D eigenvalue weighted by atomic mass is 32.2. The van der Waals surface area contributed by atoms with Crippen LogP contribution < -0.4 is 21.3 Å². The Bertz CT molecular complexity index is 1460. The number of alkyl carbamates (subject to hydrolysis) is 1. The summed E-state index contributed by atoms with van der Waals surface area (Å²) in [6, 6.07) is 9.51. The van der Waals surface area contributed by atoms with E-state index in [1.165, 1.54) is 32.2 Å². The highest BCUT2D eigenvalue weighted by molar-refractivity contribution is 7.92. The van der Waals surface area contributed by atoms with Crippen molar-refractivity contribution in [2.24, 2.45) is 0 Å². The molecule has 12 nitrogen and oxygen atoms in total. The van der Waals surface area contributed by atoms with Crippen molar-refractivity contribution in [2.45, 2.75) is 50.5 Å². The maximum atomic E-state index is 14.5. The fourth-order valence-electron chi connectivity index (χ4n) is 3.05. The number of benzene rings is 1. The summed E-state index contributed by atoms with van der Waals surface area (Å²) >= 11 is 0. The molecular weight excluding hydrogens is 529 g/mol. The van der Waals surface area contributed by atoms with Crippen LogP contribution in [0.4, 0.5) is 38.0 Å². The Morgan fingerprint density at radius 2 is 1.77 bits per heavy atom. The van der Waals surface area contributed by atoms with E-state index in [-0.39, 0.29) is 29.0 Å². The van der Waals surface area contributed by atoms with Crippen molar-refractivity contribution < 1.29 is 27.1 Å². The number of carbonyl (C=O) groups is 2. The van der Waals surface area contributed by atoms with E-state index >= 15 is 0 Å². The summed E-state index contributed by atoms with van der Waals surface area (Å²) in [4.78, 5) is 36.0. The van der Waals surface area contributed by atoms with Crippen LogP contribution in [-0.4, -0.2) is 52.8 Å². The van der Waals surface area contributed by atoms with Crippen LogP contribution in [0.3, 0.4) is 0 Å². The Kier molecular flexibility index (Phi) is 9.01. The average Bonchev–Trinajstić information content (AvgIpc) is 2.84. The molecule has 0 radical (unpaired) electrons. The number of sulfone groups is 1. The quantitative estimate of drug-likeness (QED) is 0.299. The molecule has 1 aromatic carbocycles. The summed E-state index contributed by atoms with van der Waals surface area (Å²) in [5.41, 5.74) is 0.259. The molecule has 0 atom stereocenters. The predicted molar refractivity (Wildman–Crippen MR) is 144 cm³/mol. The van der Waals surface area contributed by atoms with Gasteiger partial charge in [0.2, 0.25) is 11.9 Å². The van der Waals surface area contributed by atoms with Gasteiger partial charge in [-0.05, 0) is 65.0 Å². The van der Waals surface area contributed by atoms with E-state index in [4.69, 9.17) is 4.74 Å². The minimum absolute atomic E-state index is 0.00567. The number of hydrogen-bond acceptors (Lipinski definition) is 10. The molecule has 3 aromatic rings. The van der Waals surface area contributed by atoms with Crippen LogP contribution in [0.2, 0.25) is 0 Å². The molecule has 2 amide bonds. The van der Waals surface area contributed by atoms with Crippen LogP contribution in [0, 0.1) is 5.82 Å². The molecule has 2 aromatic heterocycles. The Morgan fingerprint density at radius 3 is 2.46 bits per heavy atom. The van der Waals surface area contributed by atoms with Crippen LogP contribution in [0.5, 0.6) is 0 Å². The van der Waals surface area contributed by atoms with E-state index in [0.29, 0.717) is 11.4 Å². The van der Waals surface area contributed by atoms with Crippen molar-refractivity contribution in [3.63, 3.8) is 0 Å². The van der Waals surface area contributed by atoms with Crippen LogP contribution in [0.1, 0.15) is 34.6 Å². The predicted octanol–water partition coefficient (Wildman–Crippen LogP) is 4.14. The van der Waals surface area contributed by atoms with Crippen molar-refractivity contribution in [1.29, 1.82) is 0 Å². The maximum absolute atomic E-state index is 14.5. The Hall–Kier alpha value is -4.33. The fraction of sp³-hybridized carbons (Fsp3) is 0.320. The third-order valence-corrected chi connectivity index (χ3v) is 6.96. The smallest absolute Gasteiger partial charge is 0.408 e. The van der Waals surface area contributed by atoms with Crippen molar-refractivity contribution in [3.05, 3.63) is 54.6 Å². The molecule has 0 unspecified atom stereocenters. The van der Waals surface area contributed by atoms with E-state index in [9.17, 15) is 22.4 Å². The summed E-state index contributed by atoms with van der Waals surface area (Å²) in [7, 11) is -3.75. The van der Waals surface area contributed by atoms with Gasteiger partial charge in [0, 0.05) is 17.6 Å². The molecule has 0 aliphatic heterocycles. The molecule has 0 aliphatic carbocycles. The number of rotatable bonds is 9. The number of nitrogens with zero attached hydrogens (tertiary/aromatic N) is 3. The van der Waals surface area contributed by atoms with E-state index < -0.39 is 38.5 Å². The Labute approximate surface area is 225 Å². The minimum Gasteiger partial charge on any atom is -0.444 e. The number of halogens is 1. The van der Waals surface area contributed by atoms with Gasteiger partial charge in [0.05, 0.1) is 17.1 Å². The van der Waals surface area contributed by atoms with Gasteiger partial charge >= 0.3 is 6.09 Å². The van der Waals surface area contributed by atoms with Crippen LogP contribution in [0.15, 0.2) is 53.8 Å². The van der Waals surface area contributed by atoms with E-state index in [1.54, 1.807) is 45.0 Å². The second kappa shape index (κ2) is 12.0. The first-order chi connectivity index (χ1) is 18.2. The van der Waals surface area contributed by atoms with Crippen molar-refractivity contribution in [2.75, 3.05) is 22.5 Å². The summed E-state index contributed by atoms with van der Waals surface area (Å²) in [5.74, 6) is -1.55.